The summed E-state index contributed by atoms with van der Waals surface area (Å²) in [5, 5.41) is 13.7. The topological polar surface area (TPSA) is 116 Å². The monoisotopic (exact) mass is 557 g/mol. The summed E-state index contributed by atoms with van der Waals surface area (Å²) in [6.45, 7) is 1.97. The zero-order chi connectivity index (χ0) is 27.9. The minimum absolute atomic E-state index is 0.00531. The van der Waals surface area contributed by atoms with E-state index >= 15 is 0 Å². The number of hydrogen-bond acceptors (Lipinski definition) is 9. The molecule has 0 saturated heterocycles. The maximum atomic E-state index is 14.2. The summed E-state index contributed by atoms with van der Waals surface area (Å²) in [5.41, 5.74) is -2.21. The second-order valence-corrected chi connectivity index (χ2v) is 11.2. The molecule has 0 radical (unpaired) electrons. The van der Waals surface area contributed by atoms with Gasteiger partial charge in [-0.2, -0.15) is 0 Å². The van der Waals surface area contributed by atoms with Crippen LogP contribution >= 0.6 is 11.3 Å². The summed E-state index contributed by atoms with van der Waals surface area (Å²) in [7, 11) is 4.39. The first-order chi connectivity index (χ1) is 18.6. The predicted octanol–water partition coefficient (Wildman–Crippen LogP) is 2.47. The Hall–Kier alpha value is -3.87. The van der Waals surface area contributed by atoms with Crippen LogP contribution in [0.4, 0.5) is 8.78 Å². The van der Waals surface area contributed by atoms with Crippen LogP contribution in [0.1, 0.15) is 40.8 Å². The van der Waals surface area contributed by atoms with Gasteiger partial charge in [0.15, 0.2) is 16.5 Å². The lowest BCUT2D eigenvalue weighted by atomic mass is 9.85. The Morgan fingerprint density at radius 2 is 2.03 bits per heavy atom. The van der Waals surface area contributed by atoms with E-state index < -0.39 is 34.0 Å². The summed E-state index contributed by atoms with van der Waals surface area (Å²) in [5.74, 6) is -2.46. The molecule has 6 rings (SSSR count). The maximum Gasteiger partial charge on any atom is 0.316 e. The van der Waals surface area contributed by atoms with Crippen LogP contribution in [0.2, 0.25) is 0 Å². The predicted molar refractivity (Wildman–Crippen MR) is 136 cm³/mol. The van der Waals surface area contributed by atoms with Gasteiger partial charge in [-0.15, -0.1) is 10.2 Å². The van der Waals surface area contributed by atoms with Gasteiger partial charge in [-0.1, -0.05) is 24.3 Å². The molecule has 3 aromatic rings. The van der Waals surface area contributed by atoms with E-state index in [1.807, 2.05) is 6.92 Å². The summed E-state index contributed by atoms with van der Waals surface area (Å²) >= 11 is 1.08. The van der Waals surface area contributed by atoms with E-state index in [4.69, 9.17) is 9.47 Å². The first kappa shape index (κ1) is 25.4. The fourth-order valence-electron chi connectivity index (χ4n) is 6.79. The van der Waals surface area contributed by atoms with Gasteiger partial charge in [-0.3, -0.25) is 24.1 Å². The van der Waals surface area contributed by atoms with E-state index in [9.17, 15) is 23.2 Å². The number of amides is 1. The van der Waals surface area contributed by atoms with Crippen LogP contribution in [0.25, 0.3) is 10.6 Å². The lowest BCUT2D eigenvalue weighted by Gasteiger charge is -2.50. The molecule has 10 nitrogen and oxygen atoms in total. The third kappa shape index (κ3) is 3.25. The molecule has 4 unspecified atom stereocenters. The van der Waals surface area contributed by atoms with Crippen LogP contribution in [0.3, 0.4) is 0 Å². The van der Waals surface area contributed by atoms with Gasteiger partial charge >= 0.3 is 5.97 Å². The van der Waals surface area contributed by atoms with Crippen LogP contribution in [-0.4, -0.2) is 53.7 Å². The number of benzene rings is 1. The van der Waals surface area contributed by atoms with Crippen molar-refractivity contribution < 1.29 is 27.8 Å². The van der Waals surface area contributed by atoms with Gasteiger partial charge in [-0.25, -0.2) is 8.78 Å². The molecule has 13 heteroatoms. The molecule has 1 aromatic carbocycles. The van der Waals surface area contributed by atoms with E-state index in [2.05, 4.69) is 15.5 Å². The fraction of sp³-hybridized carbons (Fsp3) is 0.423. The Morgan fingerprint density at radius 1 is 1.26 bits per heavy atom. The molecule has 204 valence electrons. The first-order valence-corrected chi connectivity index (χ1v) is 13.2. The molecule has 1 aliphatic heterocycles. The highest BCUT2D eigenvalue weighted by Gasteiger charge is 2.83. The molecule has 2 aromatic heterocycles. The molecule has 2 aliphatic carbocycles. The van der Waals surface area contributed by atoms with Gasteiger partial charge in [0.2, 0.25) is 5.43 Å². The molecule has 3 heterocycles. The van der Waals surface area contributed by atoms with Gasteiger partial charge in [0, 0.05) is 25.7 Å². The Bertz CT molecular complexity index is 1610. The number of carbonyl (C=O) groups is 2. The molecule has 1 N–H and O–H groups in total. The van der Waals surface area contributed by atoms with Crippen molar-refractivity contribution in [2.24, 2.45) is 17.3 Å². The van der Waals surface area contributed by atoms with E-state index in [1.54, 1.807) is 12.1 Å². The van der Waals surface area contributed by atoms with Crippen molar-refractivity contribution in [2.45, 2.75) is 31.8 Å². The van der Waals surface area contributed by atoms with Gasteiger partial charge in [0.05, 0.1) is 19.8 Å². The average molecular weight is 558 g/mol. The van der Waals surface area contributed by atoms with Crippen LogP contribution in [0, 0.1) is 28.9 Å². The highest BCUT2D eigenvalue weighted by molar-refractivity contribution is 7.14. The fourth-order valence-corrected chi connectivity index (χ4v) is 7.66. The van der Waals surface area contributed by atoms with Crippen LogP contribution < -0.4 is 20.5 Å². The van der Waals surface area contributed by atoms with Crippen LogP contribution in [-0.2, 0) is 16.0 Å². The number of esters is 1. The molecule has 4 atom stereocenters. The van der Waals surface area contributed by atoms with E-state index in [-0.39, 0.29) is 51.8 Å². The smallest absolute Gasteiger partial charge is 0.316 e. The summed E-state index contributed by atoms with van der Waals surface area (Å²) in [6, 6.07) is 3.29. The lowest BCUT2D eigenvalue weighted by Crippen LogP contribution is -2.72. The number of rotatable bonds is 5. The molecule has 0 bridgehead atoms. The lowest BCUT2D eigenvalue weighted by molar-refractivity contribution is -0.151. The SMILES string of the molecule is COC(=O)C12C(C)C1CCC21NC(=O)c2c(OC)c(=O)c(-c3nnc(Cc4ccc(F)cc4F)s3)cn2N1C. The Balaban J connectivity index is 1.45. The second kappa shape index (κ2) is 8.57. The van der Waals surface area contributed by atoms with Gasteiger partial charge in [-0.05, 0) is 36.3 Å². The number of aromatic nitrogens is 3. The van der Waals surface area contributed by atoms with E-state index in [0.29, 0.717) is 11.4 Å². The van der Waals surface area contributed by atoms with Gasteiger partial charge < -0.3 is 14.8 Å². The van der Waals surface area contributed by atoms with Crippen molar-refractivity contribution in [1.82, 2.24) is 20.2 Å². The second-order valence-electron chi connectivity index (χ2n) is 10.1. The molecule has 39 heavy (non-hydrogen) atoms. The maximum absolute atomic E-state index is 14.2. The Kier molecular flexibility index (Phi) is 5.58. The number of hydrogen-bond donors (Lipinski definition) is 1. The van der Waals surface area contributed by atoms with Crippen molar-refractivity contribution in [3.8, 4) is 16.3 Å². The Labute approximate surface area is 225 Å². The number of nitrogens with zero attached hydrogens (tertiary/aromatic N) is 4. The molecular weight excluding hydrogens is 532 g/mol. The molecule has 2 fully saturated rings. The highest BCUT2D eigenvalue weighted by Crippen LogP contribution is 2.73. The highest BCUT2D eigenvalue weighted by atomic mass is 32.1. The van der Waals surface area contributed by atoms with Crippen molar-refractivity contribution in [3.05, 3.63) is 62.5 Å². The standard InChI is InChI=1S/C26H25F2N5O5S/c1-12-16-7-8-25(26(12,16)24(36)38-4)29-22(35)19-21(37-3)20(34)15(11-33(19)32(25)2)23-31-30-18(39-23)9-13-5-6-14(27)10-17(13)28/h5-6,10-12,16H,7-9H2,1-4H3,(H,29,35). The average Bonchev–Trinajstić information content (AvgIpc) is 3.20. The van der Waals surface area contributed by atoms with Crippen LogP contribution in [0.5, 0.6) is 5.75 Å². The zero-order valence-corrected chi connectivity index (χ0v) is 22.4. The molecule has 3 aliphatic rings. The normalized spacial score (nSPS) is 26.7. The summed E-state index contributed by atoms with van der Waals surface area (Å²) < 4.78 is 39.6. The molecule has 1 amide bonds. The minimum Gasteiger partial charge on any atom is -0.491 e. The number of methoxy groups -OCH3 is 2. The van der Waals surface area contributed by atoms with Crippen molar-refractivity contribution >= 4 is 23.2 Å². The zero-order valence-electron chi connectivity index (χ0n) is 21.6. The number of ether oxygens (including phenoxy) is 2. The number of halogens is 2. The minimum atomic E-state index is -1.07. The quantitative estimate of drug-likeness (QED) is 0.476. The summed E-state index contributed by atoms with van der Waals surface area (Å²) in [6.07, 6.45) is 2.78. The number of nitrogens with one attached hydrogen (secondary N) is 1. The van der Waals surface area contributed by atoms with Gasteiger partial charge in [0.25, 0.3) is 5.91 Å². The molecule has 2 saturated carbocycles. The third-order valence-corrected chi connectivity index (χ3v) is 9.59. The van der Waals surface area contributed by atoms with E-state index in [1.165, 1.54) is 31.2 Å². The Morgan fingerprint density at radius 3 is 2.69 bits per heavy atom. The van der Waals surface area contributed by atoms with Crippen molar-refractivity contribution in [2.75, 3.05) is 26.3 Å². The number of pyridine rings is 1. The summed E-state index contributed by atoms with van der Waals surface area (Å²) in [4.78, 5) is 40.1. The number of carbonyl (C=O) groups excluding carboxylic acids is 2. The molecular formula is C26H25F2N5O5S. The van der Waals surface area contributed by atoms with Crippen molar-refractivity contribution in [3.63, 3.8) is 0 Å². The van der Waals surface area contributed by atoms with Crippen LogP contribution in [0.15, 0.2) is 29.2 Å². The van der Waals surface area contributed by atoms with E-state index in [0.717, 1.165) is 29.9 Å². The number of fused-ring (bicyclic) bond motifs is 3. The first-order valence-electron chi connectivity index (χ1n) is 12.4. The largest absolute Gasteiger partial charge is 0.491 e. The van der Waals surface area contributed by atoms with Gasteiger partial charge in [0.1, 0.15) is 27.7 Å². The van der Waals surface area contributed by atoms with Crippen molar-refractivity contribution in [1.29, 1.82) is 0 Å². The molecule has 1 spiro atoms. The third-order valence-electron chi connectivity index (χ3n) is 8.64.